The van der Waals surface area contributed by atoms with Crippen molar-refractivity contribution < 1.29 is 13.9 Å². The number of halogens is 1. The Labute approximate surface area is 157 Å². The Morgan fingerprint density at radius 2 is 2.11 bits per heavy atom. The summed E-state index contributed by atoms with van der Waals surface area (Å²) in [7, 11) is 1.75. The molecule has 142 valence electrons. The van der Waals surface area contributed by atoms with Crippen LogP contribution in [-0.2, 0) is 11.3 Å². The van der Waals surface area contributed by atoms with Gasteiger partial charge in [0.15, 0.2) is 5.96 Å². The lowest BCUT2D eigenvalue weighted by atomic mass is 9.96. The molecule has 0 saturated carbocycles. The van der Waals surface area contributed by atoms with Crippen LogP contribution >= 0.6 is 0 Å². The summed E-state index contributed by atoms with van der Waals surface area (Å²) in [5, 5.41) is 6.73. The molecule has 1 aromatic heterocycles. The van der Waals surface area contributed by atoms with Gasteiger partial charge in [-0.1, -0.05) is 0 Å². The molecule has 2 saturated heterocycles. The second-order valence-corrected chi connectivity index (χ2v) is 6.83. The van der Waals surface area contributed by atoms with E-state index >= 15 is 0 Å². The van der Waals surface area contributed by atoms with Gasteiger partial charge >= 0.3 is 0 Å². The number of aromatic nitrogens is 1. The van der Waals surface area contributed by atoms with Crippen molar-refractivity contribution >= 4 is 5.96 Å². The highest BCUT2D eigenvalue weighted by Gasteiger charge is 2.41. The predicted molar refractivity (Wildman–Crippen MR) is 100 cm³/mol. The fourth-order valence-corrected chi connectivity index (χ4v) is 3.59. The SMILES string of the molecule is CN=C(NCc1cc(Oc2ccc(F)cc2)ccn1)NC1CC2CCC1O2. The first-order valence-electron chi connectivity index (χ1n) is 9.20. The first-order valence-corrected chi connectivity index (χ1v) is 9.20. The summed E-state index contributed by atoms with van der Waals surface area (Å²) in [6.45, 7) is 0.516. The van der Waals surface area contributed by atoms with Crippen LogP contribution in [0, 0.1) is 5.82 Å². The molecule has 2 N–H and O–H groups in total. The first kappa shape index (κ1) is 17.7. The van der Waals surface area contributed by atoms with Crippen LogP contribution in [0.15, 0.2) is 47.6 Å². The molecule has 3 atom stereocenters. The molecule has 27 heavy (non-hydrogen) atoms. The van der Waals surface area contributed by atoms with Crippen molar-refractivity contribution in [1.82, 2.24) is 15.6 Å². The van der Waals surface area contributed by atoms with E-state index in [4.69, 9.17) is 9.47 Å². The van der Waals surface area contributed by atoms with Crippen LogP contribution in [0.1, 0.15) is 25.0 Å². The zero-order chi connectivity index (χ0) is 18.6. The van der Waals surface area contributed by atoms with Gasteiger partial charge in [0.25, 0.3) is 0 Å². The average Bonchev–Trinajstić information content (AvgIpc) is 3.30. The minimum absolute atomic E-state index is 0.290. The zero-order valence-electron chi connectivity index (χ0n) is 15.2. The van der Waals surface area contributed by atoms with E-state index in [1.165, 1.54) is 18.6 Å². The summed E-state index contributed by atoms with van der Waals surface area (Å²) in [5.74, 6) is 1.68. The maximum Gasteiger partial charge on any atom is 0.191 e. The van der Waals surface area contributed by atoms with Crippen molar-refractivity contribution in [3.8, 4) is 11.5 Å². The van der Waals surface area contributed by atoms with Crippen molar-refractivity contribution in [3.63, 3.8) is 0 Å². The van der Waals surface area contributed by atoms with Crippen LogP contribution < -0.4 is 15.4 Å². The van der Waals surface area contributed by atoms with E-state index in [1.54, 1.807) is 31.4 Å². The van der Waals surface area contributed by atoms with Gasteiger partial charge < -0.3 is 20.1 Å². The van der Waals surface area contributed by atoms with Crippen molar-refractivity contribution in [2.75, 3.05) is 7.05 Å². The number of nitrogens with zero attached hydrogens (tertiary/aromatic N) is 2. The Morgan fingerprint density at radius 1 is 1.26 bits per heavy atom. The predicted octanol–water partition coefficient (Wildman–Crippen LogP) is 3.00. The molecule has 0 radical (unpaired) electrons. The van der Waals surface area contributed by atoms with Crippen LogP contribution in [0.5, 0.6) is 11.5 Å². The number of ether oxygens (including phenoxy) is 2. The molecule has 2 aliphatic rings. The molecular weight excluding hydrogens is 347 g/mol. The summed E-state index contributed by atoms with van der Waals surface area (Å²) >= 11 is 0. The van der Waals surface area contributed by atoms with Crippen molar-refractivity contribution in [1.29, 1.82) is 0 Å². The highest BCUT2D eigenvalue weighted by molar-refractivity contribution is 5.80. The van der Waals surface area contributed by atoms with Gasteiger partial charge in [0, 0.05) is 19.3 Å². The summed E-state index contributed by atoms with van der Waals surface area (Å²) in [5.41, 5.74) is 0.821. The summed E-state index contributed by atoms with van der Waals surface area (Å²) in [4.78, 5) is 8.65. The number of rotatable bonds is 5. The smallest absolute Gasteiger partial charge is 0.191 e. The number of nitrogens with one attached hydrogen (secondary N) is 2. The standard InChI is InChI=1S/C20H23FN4O2/c1-22-20(25-18-11-16-6-7-19(18)27-16)24-12-14-10-17(8-9-23-14)26-15-4-2-13(21)3-5-15/h2-5,8-10,16,18-19H,6-7,11-12H2,1H3,(H2,22,24,25). The van der Waals surface area contributed by atoms with Crippen LogP contribution in [0.3, 0.4) is 0 Å². The molecule has 0 spiro atoms. The molecule has 2 aliphatic heterocycles. The Morgan fingerprint density at radius 3 is 2.81 bits per heavy atom. The quantitative estimate of drug-likeness (QED) is 0.626. The lowest BCUT2D eigenvalue weighted by Crippen LogP contribution is -2.47. The molecule has 3 unspecified atom stereocenters. The van der Waals surface area contributed by atoms with E-state index in [9.17, 15) is 4.39 Å². The second-order valence-electron chi connectivity index (χ2n) is 6.83. The van der Waals surface area contributed by atoms with E-state index in [0.717, 1.165) is 24.5 Å². The first-order chi connectivity index (χ1) is 13.2. The normalized spacial score (nSPS) is 24.1. The van der Waals surface area contributed by atoms with Gasteiger partial charge in [0.1, 0.15) is 17.3 Å². The Kier molecular flexibility index (Phi) is 5.20. The topological polar surface area (TPSA) is 67.8 Å². The zero-order valence-corrected chi connectivity index (χ0v) is 15.2. The second kappa shape index (κ2) is 7.92. The van der Waals surface area contributed by atoms with Gasteiger partial charge in [0.05, 0.1) is 30.5 Å². The molecule has 2 aromatic rings. The monoisotopic (exact) mass is 370 g/mol. The third-order valence-corrected chi connectivity index (χ3v) is 4.93. The lowest BCUT2D eigenvalue weighted by molar-refractivity contribution is 0.0992. The number of guanidine groups is 1. The lowest BCUT2D eigenvalue weighted by Gasteiger charge is -2.22. The number of hydrogen-bond acceptors (Lipinski definition) is 4. The van der Waals surface area contributed by atoms with Gasteiger partial charge in [-0.15, -0.1) is 0 Å². The fraction of sp³-hybridized carbons (Fsp3) is 0.400. The molecular formula is C20H23FN4O2. The highest BCUT2D eigenvalue weighted by atomic mass is 19.1. The van der Waals surface area contributed by atoms with Gasteiger partial charge in [-0.05, 0) is 49.6 Å². The minimum atomic E-state index is -0.290. The fourth-order valence-electron chi connectivity index (χ4n) is 3.59. The Hall–Kier alpha value is -2.67. The molecule has 7 heteroatoms. The van der Waals surface area contributed by atoms with Crippen LogP contribution in [0.25, 0.3) is 0 Å². The van der Waals surface area contributed by atoms with Crippen LogP contribution in [0.4, 0.5) is 4.39 Å². The average molecular weight is 370 g/mol. The number of hydrogen-bond donors (Lipinski definition) is 2. The van der Waals surface area contributed by atoms with Gasteiger partial charge in [-0.25, -0.2) is 4.39 Å². The molecule has 0 aliphatic carbocycles. The van der Waals surface area contributed by atoms with Crippen molar-refractivity contribution in [2.45, 2.75) is 44.1 Å². The third kappa shape index (κ3) is 4.36. The third-order valence-electron chi connectivity index (χ3n) is 4.93. The molecule has 1 aromatic carbocycles. The van der Waals surface area contributed by atoms with Gasteiger partial charge in [-0.3, -0.25) is 9.98 Å². The largest absolute Gasteiger partial charge is 0.457 e. The summed E-state index contributed by atoms with van der Waals surface area (Å²) < 4.78 is 24.6. The summed E-state index contributed by atoms with van der Waals surface area (Å²) in [6, 6.07) is 9.86. The maximum absolute atomic E-state index is 13.0. The number of fused-ring (bicyclic) bond motifs is 2. The van der Waals surface area contributed by atoms with Crippen molar-refractivity contribution in [3.05, 3.63) is 54.1 Å². The molecule has 2 fully saturated rings. The minimum Gasteiger partial charge on any atom is -0.457 e. The van der Waals surface area contributed by atoms with Crippen molar-refractivity contribution in [2.24, 2.45) is 4.99 Å². The molecule has 2 bridgehead atoms. The number of aliphatic imine (C=N–C) groups is 1. The van der Waals surface area contributed by atoms with E-state index in [2.05, 4.69) is 20.6 Å². The Bertz CT molecular complexity index is 812. The van der Waals surface area contributed by atoms with E-state index in [1.807, 2.05) is 6.07 Å². The van der Waals surface area contributed by atoms with Crippen LogP contribution in [0.2, 0.25) is 0 Å². The van der Waals surface area contributed by atoms with Gasteiger partial charge in [-0.2, -0.15) is 0 Å². The molecule has 3 heterocycles. The number of benzene rings is 1. The molecule has 4 rings (SSSR count). The van der Waals surface area contributed by atoms with Crippen LogP contribution in [-0.4, -0.2) is 36.2 Å². The molecule has 0 amide bonds. The molecule has 6 nitrogen and oxygen atoms in total. The van der Waals surface area contributed by atoms with E-state index in [0.29, 0.717) is 36.3 Å². The van der Waals surface area contributed by atoms with Gasteiger partial charge in [0.2, 0.25) is 0 Å². The Balaban J connectivity index is 1.32. The van der Waals surface area contributed by atoms with E-state index in [-0.39, 0.29) is 5.82 Å². The number of pyridine rings is 1. The highest BCUT2D eigenvalue weighted by Crippen LogP contribution is 2.34. The maximum atomic E-state index is 13.0. The summed E-state index contributed by atoms with van der Waals surface area (Å²) in [6.07, 6.45) is 5.69. The van der Waals surface area contributed by atoms with E-state index < -0.39 is 0 Å².